The average Bonchev–Trinajstić information content (AvgIpc) is 3.02. The van der Waals surface area contributed by atoms with E-state index in [-0.39, 0.29) is 0 Å². The molecule has 192 valence electrons. The first-order chi connectivity index (χ1) is 19.8. The van der Waals surface area contributed by atoms with E-state index in [0.29, 0.717) is 0 Å². The lowest BCUT2D eigenvalue weighted by atomic mass is 10.0. The molecule has 0 N–H and O–H groups in total. The second-order valence-corrected chi connectivity index (χ2v) is 9.93. The van der Waals surface area contributed by atoms with Gasteiger partial charge in [0.1, 0.15) is 0 Å². The molecule has 1 aliphatic heterocycles. The molecule has 6 aromatic carbocycles. The molecule has 0 aromatic heterocycles. The van der Waals surface area contributed by atoms with Crippen molar-refractivity contribution in [1.82, 2.24) is 0 Å². The van der Waals surface area contributed by atoms with E-state index in [0.717, 1.165) is 56.8 Å². The molecule has 0 aliphatic carbocycles. The number of hydrogen-bond donors (Lipinski definition) is 0. The van der Waals surface area contributed by atoms with Crippen LogP contribution in [-0.4, -0.2) is 0 Å². The van der Waals surface area contributed by atoms with E-state index in [4.69, 9.17) is 4.74 Å². The largest absolute Gasteiger partial charge is 0.453 e. The van der Waals surface area contributed by atoms with Gasteiger partial charge in [-0.15, -0.1) is 0 Å². The molecule has 3 heteroatoms. The fourth-order valence-electron chi connectivity index (χ4n) is 5.45. The van der Waals surface area contributed by atoms with E-state index >= 15 is 0 Å². The standard InChI is InChI=1S/C37H28N2O/c1-27-12-11-19-36-37(27)39(32-17-9-4-10-18-32)34-26-29(22-25-35(34)40-36)28-20-23-33(24-21-28)38(30-13-5-2-6-14-30)31-15-7-3-8-16-31/h2-26H,1H3. The number of benzene rings is 6. The number of nitrogens with zero attached hydrogens (tertiary/aromatic N) is 2. The van der Waals surface area contributed by atoms with Crippen molar-refractivity contribution < 1.29 is 4.74 Å². The minimum Gasteiger partial charge on any atom is -0.453 e. The minimum atomic E-state index is 0.849. The molecule has 0 bridgehead atoms. The summed E-state index contributed by atoms with van der Waals surface area (Å²) in [6.07, 6.45) is 0. The van der Waals surface area contributed by atoms with Crippen LogP contribution >= 0.6 is 0 Å². The molecule has 0 saturated carbocycles. The Kier molecular flexibility index (Phi) is 6.02. The van der Waals surface area contributed by atoms with E-state index in [1.54, 1.807) is 0 Å². The molecular formula is C37H28N2O. The lowest BCUT2D eigenvalue weighted by Crippen LogP contribution is -2.17. The summed E-state index contributed by atoms with van der Waals surface area (Å²) < 4.78 is 6.40. The van der Waals surface area contributed by atoms with Gasteiger partial charge in [-0.2, -0.15) is 0 Å². The Labute approximate surface area is 235 Å². The first-order valence-corrected chi connectivity index (χ1v) is 13.5. The van der Waals surface area contributed by atoms with Crippen LogP contribution in [0.15, 0.2) is 152 Å². The highest BCUT2D eigenvalue weighted by atomic mass is 16.5. The van der Waals surface area contributed by atoms with Crippen LogP contribution in [0.1, 0.15) is 5.56 Å². The third-order valence-corrected chi connectivity index (χ3v) is 7.35. The summed E-state index contributed by atoms with van der Waals surface area (Å²) in [7, 11) is 0. The maximum Gasteiger partial charge on any atom is 0.151 e. The van der Waals surface area contributed by atoms with Crippen molar-refractivity contribution in [2.75, 3.05) is 9.80 Å². The predicted molar refractivity (Wildman–Crippen MR) is 166 cm³/mol. The van der Waals surface area contributed by atoms with Crippen LogP contribution in [-0.2, 0) is 0 Å². The lowest BCUT2D eigenvalue weighted by Gasteiger charge is -2.34. The maximum atomic E-state index is 6.40. The Bertz CT molecular complexity index is 1730. The molecule has 0 atom stereocenters. The molecule has 1 aliphatic rings. The highest BCUT2D eigenvalue weighted by Crippen LogP contribution is 2.52. The normalized spacial score (nSPS) is 11.8. The van der Waals surface area contributed by atoms with Gasteiger partial charge in [-0.3, -0.25) is 0 Å². The SMILES string of the molecule is Cc1cccc2c1N(c1ccccc1)c1cc(-c3ccc(N(c4ccccc4)c4ccccc4)cc3)ccc1O2. The lowest BCUT2D eigenvalue weighted by molar-refractivity contribution is 0.476. The van der Waals surface area contributed by atoms with Crippen molar-refractivity contribution in [3.63, 3.8) is 0 Å². The Morgan fingerprint density at radius 3 is 1.73 bits per heavy atom. The van der Waals surface area contributed by atoms with Gasteiger partial charge in [0.05, 0.1) is 11.4 Å². The van der Waals surface area contributed by atoms with Gasteiger partial charge in [0.15, 0.2) is 11.5 Å². The van der Waals surface area contributed by atoms with Crippen LogP contribution in [0.3, 0.4) is 0 Å². The number of fused-ring (bicyclic) bond motifs is 2. The number of aryl methyl sites for hydroxylation is 1. The zero-order valence-electron chi connectivity index (χ0n) is 22.2. The summed E-state index contributed by atoms with van der Waals surface area (Å²) in [5.74, 6) is 1.72. The summed E-state index contributed by atoms with van der Waals surface area (Å²) in [4.78, 5) is 4.59. The second kappa shape index (κ2) is 10.1. The van der Waals surface area contributed by atoms with E-state index in [2.05, 4.69) is 144 Å². The minimum absolute atomic E-state index is 0.849. The van der Waals surface area contributed by atoms with Crippen LogP contribution in [0.2, 0.25) is 0 Å². The Balaban J connectivity index is 1.29. The summed E-state index contributed by atoms with van der Waals surface area (Å²) in [5, 5.41) is 0. The molecule has 0 saturated heterocycles. The van der Waals surface area contributed by atoms with Gasteiger partial charge in [-0.25, -0.2) is 0 Å². The number of ether oxygens (including phenoxy) is 1. The molecule has 40 heavy (non-hydrogen) atoms. The molecule has 7 rings (SSSR count). The van der Waals surface area contributed by atoms with Crippen molar-refractivity contribution in [3.05, 3.63) is 157 Å². The van der Waals surface area contributed by atoms with Gasteiger partial charge in [-0.1, -0.05) is 84.9 Å². The first kappa shape index (κ1) is 23.8. The van der Waals surface area contributed by atoms with Crippen LogP contribution in [0.4, 0.5) is 34.1 Å². The number of para-hydroxylation sites is 4. The Morgan fingerprint density at radius 2 is 1.07 bits per heavy atom. The highest BCUT2D eigenvalue weighted by molar-refractivity contribution is 5.90. The molecule has 3 nitrogen and oxygen atoms in total. The molecular weight excluding hydrogens is 488 g/mol. The monoisotopic (exact) mass is 516 g/mol. The fourth-order valence-corrected chi connectivity index (χ4v) is 5.45. The Hall–Kier alpha value is -5.28. The van der Waals surface area contributed by atoms with Crippen molar-refractivity contribution in [1.29, 1.82) is 0 Å². The first-order valence-electron chi connectivity index (χ1n) is 13.5. The molecule has 1 heterocycles. The second-order valence-electron chi connectivity index (χ2n) is 9.93. The van der Waals surface area contributed by atoms with Crippen molar-refractivity contribution >= 4 is 34.1 Å². The van der Waals surface area contributed by atoms with Gasteiger partial charge >= 0.3 is 0 Å². The average molecular weight is 517 g/mol. The fraction of sp³-hybridized carbons (Fsp3) is 0.0270. The third kappa shape index (κ3) is 4.28. The summed E-state index contributed by atoms with van der Waals surface area (Å²) in [5.41, 5.74) is 10.0. The van der Waals surface area contributed by atoms with Gasteiger partial charge in [-0.05, 0) is 90.3 Å². The van der Waals surface area contributed by atoms with Crippen molar-refractivity contribution in [3.8, 4) is 22.6 Å². The zero-order chi connectivity index (χ0) is 26.9. The van der Waals surface area contributed by atoms with Crippen LogP contribution in [0.25, 0.3) is 11.1 Å². The maximum absolute atomic E-state index is 6.40. The number of hydrogen-bond acceptors (Lipinski definition) is 3. The van der Waals surface area contributed by atoms with E-state index in [9.17, 15) is 0 Å². The molecule has 0 radical (unpaired) electrons. The molecule has 0 fully saturated rings. The molecule has 0 unspecified atom stereocenters. The highest BCUT2D eigenvalue weighted by Gasteiger charge is 2.27. The van der Waals surface area contributed by atoms with Crippen LogP contribution in [0.5, 0.6) is 11.5 Å². The summed E-state index contributed by atoms with van der Waals surface area (Å²) in [6.45, 7) is 2.14. The summed E-state index contributed by atoms with van der Waals surface area (Å²) >= 11 is 0. The third-order valence-electron chi connectivity index (χ3n) is 7.35. The van der Waals surface area contributed by atoms with Crippen LogP contribution in [0, 0.1) is 6.92 Å². The topological polar surface area (TPSA) is 15.7 Å². The van der Waals surface area contributed by atoms with Crippen molar-refractivity contribution in [2.24, 2.45) is 0 Å². The van der Waals surface area contributed by atoms with E-state index < -0.39 is 0 Å². The van der Waals surface area contributed by atoms with Gasteiger partial charge in [0.2, 0.25) is 0 Å². The molecule has 6 aromatic rings. The van der Waals surface area contributed by atoms with E-state index in [1.807, 2.05) is 24.3 Å². The van der Waals surface area contributed by atoms with E-state index in [1.165, 1.54) is 5.56 Å². The smallest absolute Gasteiger partial charge is 0.151 e. The van der Waals surface area contributed by atoms with Gasteiger partial charge in [0, 0.05) is 22.7 Å². The quantitative estimate of drug-likeness (QED) is 0.226. The van der Waals surface area contributed by atoms with Crippen LogP contribution < -0.4 is 14.5 Å². The predicted octanol–water partition coefficient (Wildman–Crippen LogP) is 10.7. The van der Waals surface area contributed by atoms with Gasteiger partial charge in [0.25, 0.3) is 0 Å². The molecule has 0 spiro atoms. The Morgan fingerprint density at radius 1 is 0.500 bits per heavy atom. The number of rotatable bonds is 5. The van der Waals surface area contributed by atoms with Gasteiger partial charge < -0.3 is 14.5 Å². The zero-order valence-corrected chi connectivity index (χ0v) is 22.2. The molecule has 0 amide bonds. The number of anilines is 6. The van der Waals surface area contributed by atoms with Crippen molar-refractivity contribution in [2.45, 2.75) is 6.92 Å². The summed E-state index contributed by atoms with van der Waals surface area (Å²) in [6, 6.07) is 53.0.